The zero-order chi connectivity index (χ0) is 16.9. The average molecular weight is 305 g/mol. The molecule has 0 saturated carbocycles. The molecule has 0 spiro atoms. The molecule has 23 heavy (non-hydrogen) atoms. The summed E-state index contributed by atoms with van der Waals surface area (Å²) in [4.78, 5) is 13.0. The van der Waals surface area contributed by atoms with Gasteiger partial charge < -0.3 is 4.57 Å². The predicted molar refractivity (Wildman–Crippen MR) is 98.3 cm³/mol. The number of fused-ring (bicyclic) bond motifs is 1. The monoisotopic (exact) mass is 305 g/mol. The lowest BCUT2D eigenvalue weighted by atomic mass is 9.89. The molecule has 2 heteroatoms. The summed E-state index contributed by atoms with van der Waals surface area (Å²) in [5.74, 6) is 0. The van der Waals surface area contributed by atoms with Crippen LogP contribution in [0, 0.1) is 34.6 Å². The van der Waals surface area contributed by atoms with Crippen LogP contribution in [0.3, 0.4) is 0 Å². The van der Waals surface area contributed by atoms with Gasteiger partial charge >= 0.3 is 0 Å². The first-order valence-electron chi connectivity index (χ1n) is 8.01. The molecule has 0 bridgehead atoms. The Labute approximate surface area is 137 Å². The van der Waals surface area contributed by atoms with E-state index in [2.05, 4.69) is 34.6 Å². The Hall–Kier alpha value is -2.35. The molecule has 0 N–H and O–H groups in total. The lowest BCUT2D eigenvalue weighted by Crippen LogP contribution is -2.22. The van der Waals surface area contributed by atoms with E-state index in [9.17, 15) is 4.79 Å². The smallest absolute Gasteiger partial charge is 0.258 e. The van der Waals surface area contributed by atoms with Crippen molar-refractivity contribution in [1.82, 2.24) is 4.57 Å². The fourth-order valence-corrected chi connectivity index (χ4v) is 3.67. The third-order valence-corrected chi connectivity index (χ3v) is 5.32. The quantitative estimate of drug-likeness (QED) is 0.636. The molecular weight excluding hydrogens is 282 g/mol. The van der Waals surface area contributed by atoms with Gasteiger partial charge in [0.15, 0.2) is 0 Å². The molecule has 0 atom stereocenters. The molecular formula is C21H23NO. The number of aromatic nitrogens is 1. The van der Waals surface area contributed by atoms with Crippen LogP contribution in [-0.4, -0.2) is 4.57 Å². The summed E-state index contributed by atoms with van der Waals surface area (Å²) >= 11 is 0. The first-order valence-corrected chi connectivity index (χ1v) is 8.01. The second-order valence-electron chi connectivity index (χ2n) is 6.45. The number of rotatable bonds is 1. The van der Waals surface area contributed by atoms with Gasteiger partial charge in [-0.3, -0.25) is 4.79 Å². The molecule has 0 amide bonds. The van der Waals surface area contributed by atoms with Gasteiger partial charge in [0.25, 0.3) is 5.56 Å². The third kappa shape index (κ3) is 2.13. The highest BCUT2D eigenvalue weighted by Crippen LogP contribution is 2.33. The molecule has 1 heterocycles. The molecule has 118 valence electrons. The van der Waals surface area contributed by atoms with Crippen LogP contribution in [0.1, 0.15) is 27.8 Å². The Balaban J connectivity index is 2.60. The summed E-state index contributed by atoms with van der Waals surface area (Å²) in [6.45, 7) is 10.7. The molecule has 3 aromatic rings. The molecule has 1 aromatic heterocycles. The van der Waals surface area contributed by atoms with Crippen molar-refractivity contribution in [3.63, 3.8) is 0 Å². The van der Waals surface area contributed by atoms with Crippen molar-refractivity contribution < 1.29 is 0 Å². The molecule has 2 nitrogen and oxygen atoms in total. The van der Waals surface area contributed by atoms with Crippen molar-refractivity contribution in [2.24, 2.45) is 7.05 Å². The highest BCUT2D eigenvalue weighted by molar-refractivity contribution is 5.94. The minimum absolute atomic E-state index is 0.0759. The summed E-state index contributed by atoms with van der Waals surface area (Å²) in [6.07, 6.45) is 0. The van der Waals surface area contributed by atoms with Crippen molar-refractivity contribution in [2.75, 3.05) is 0 Å². The predicted octanol–water partition coefficient (Wildman–Crippen LogP) is 4.75. The van der Waals surface area contributed by atoms with Gasteiger partial charge in [-0.25, -0.2) is 0 Å². The van der Waals surface area contributed by atoms with E-state index >= 15 is 0 Å². The van der Waals surface area contributed by atoms with Crippen molar-refractivity contribution in [3.8, 4) is 11.1 Å². The molecule has 2 aromatic carbocycles. The lowest BCUT2D eigenvalue weighted by Gasteiger charge is -2.20. The maximum atomic E-state index is 13.0. The highest BCUT2D eigenvalue weighted by atomic mass is 16.1. The minimum atomic E-state index is 0.0759. The molecule has 0 saturated heterocycles. The maximum absolute atomic E-state index is 13.0. The number of hydrogen-bond donors (Lipinski definition) is 0. The van der Waals surface area contributed by atoms with E-state index in [-0.39, 0.29) is 5.56 Å². The van der Waals surface area contributed by atoms with Crippen LogP contribution >= 0.6 is 0 Å². The Morgan fingerprint density at radius 1 is 0.739 bits per heavy atom. The molecule has 0 aliphatic carbocycles. The SMILES string of the molecule is Cc1c(C)c(C)c2c(c1C)c(C)c(-c1ccccc1)c(=O)n2C. The molecule has 0 aliphatic rings. The Bertz CT molecular complexity index is 979. The van der Waals surface area contributed by atoms with E-state index in [1.807, 2.05) is 41.9 Å². The summed E-state index contributed by atoms with van der Waals surface area (Å²) < 4.78 is 1.82. The standard InChI is InChI=1S/C21H23NO/c1-12-13(2)15(4)20-18(14(12)3)16(5)19(21(23)22(20)6)17-10-8-7-9-11-17/h7-11H,1-6H3. The summed E-state index contributed by atoms with van der Waals surface area (Å²) in [7, 11) is 1.89. The second-order valence-corrected chi connectivity index (χ2v) is 6.45. The van der Waals surface area contributed by atoms with Gasteiger partial charge in [0.05, 0.1) is 11.1 Å². The Morgan fingerprint density at radius 2 is 1.30 bits per heavy atom. The van der Waals surface area contributed by atoms with Gasteiger partial charge in [-0.05, 0) is 68.0 Å². The number of hydrogen-bond acceptors (Lipinski definition) is 1. The van der Waals surface area contributed by atoms with Crippen LogP contribution < -0.4 is 5.56 Å². The van der Waals surface area contributed by atoms with E-state index in [1.165, 1.54) is 27.6 Å². The topological polar surface area (TPSA) is 22.0 Å². The van der Waals surface area contributed by atoms with Crippen molar-refractivity contribution >= 4 is 10.9 Å². The number of aryl methyl sites for hydroxylation is 4. The third-order valence-electron chi connectivity index (χ3n) is 5.32. The zero-order valence-electron chi connectivity index (χ0n) is 14.7. The summed E-state index contributed by atoms with van der Waals surface area (Å²) in [5.41, 5.74) is 9.08. The number of benzene rings is 2. The number of nitrogens with zero attached hydrogens (tertiary/aromatic N) is 1. The van der Waals surface area contributed by atoms with Gasteiger partial charge in [0.1, 0.15) is 0 Å². The van der Waals surface area contributed by atoms with Gasteiger partial charge in [-0.15, -0.1) is 0 Å². The molecule has 0 aliphatic heterocycles. The first-order chi connectivity index (χ1) is 10.9. The largest absolute Gasteiger partial charge is 0.311 e. The molecule has 0 fully saturated rings. The van der Waals surface area contributed by atoms with Crippen LogP contribution in [0.5, 0.6) is 0 Å². The maximum Gasteiger partial charge on any atom is 0.258 e. The fraction of sp³-hybridized carbons (Fsp3) is 0.286. The molecule has 0 unspecified atom stereocenters. The second kappa shape index (κ2) is 5.38. The fourth-order valence-electron chi connectivity index (χ4n) is 3.67. The Morgan fingerprint density at radius 3 is 1.91 bits per heavy atom. The minimum Gasteiger partial charge on any atom is -0.311 e. The molecule has 3 rings (SSSR count). The summed E-state index contributed by atoms with van der Waals surface area (Å²) in [6, 6.07) is 9.97. The van der Waals surface area contributed by atoms with Crippen LogP contribution in [-0.2, 0) is 7.05 Å². The Kier molecular flexibility index (Phi) is 3.63. The van der Waals surface area contributed by atoms with Gasteiger partial charge in [-0.1, -0.05) is 30.3 Å². The van der Waals surface area contributed by atoms with Gasteiger partial charge in [0.2, 0.25) is 0 Å². The van der Waals surface area contributed by atoms with Gasteiger partial charge in [-0.2, -0.15) is 0 Å². The van der Waals surface area contributed by atoms with E-state index < -0.39 is 0 Å². The first kappa shape index (κ1) is 15.5. The van der Waals surface area contributed by atoms with Crippen LogP contribution in [0.25, 0.3) is 22.0 Å². The van der Waals surface area contributed by atoms with Crippen LogP contribution in [0.4, 0.5) is 0 Å². The highest BCUT2D eigenvalue weighted by Gasteiger charge is 2.19. The van der Waals surface area contributed by atoms with E-state index in [0.717, 1.165) is 22.2 Å². The zero-order valence-corrected chi connectivity index (χ0v) is 14.7. The van der Waals surface area contributed by atoms with E-state index in [1.54, 1.807) is 0 Å². The van der Waals surface area contributed by atoms with Crippen LogP contribution in [0.15, 0.2) is 35.1 Å². The lowest BCUT2D eigenvalue weighted by molar-refractivity contribution is 0.898. The molecule has 0 radical (unpaired) electrons. The average Bonchev–Trinajstić information content (AvgIpc) is 2.55. The summed E-state index contributed by atoms with van der Waals surface area (Å²) in [5, 5.41) is 1.21. The number of pyridine rings is 1. The van der Waals surface area contributed by atoms with E-state index in [0.29, 0.717) is 0 Å². The normalized spacial score (nSPS) is 11.2. The van der Waals surface area contributed by atoms with Crippen molar-refractivity contribution in [1.29, 1.82) is 0 Å². The van der Waals surface area contributed by atoms with Crippen molar-refractivity contribution in [2.45, 2.75) is 34.6 Å². The van der Waals surface area contributed by atoms with Crippen LogP contribution in [0.2, 0.25) is 0 Å². The van der Waals surface area contributed by atoms with E-state index in [4.69, 9.17) is 0 Å². The van der Waals surface area contributed by atoms with Crippen molar-refractivity contribution in [3.05, 3.63) is 68.5 Å². The van der Waals surface area contributed by atoms with Gasteiger partial charge in [0, 0.05) is 12.4 Å².